The van der Waals surface area contributed by atoms with Gasteiger partial charge in [0.1, 0.15) is 12.7 Å². The van der Waals surface area contributed by atoms with Gasteiger partial charge in [0, 0.05) is 0 Å². The van der Waals surface area contributed by atoms with E-state index in [-0.39, 0.29) is 0 Å². The maximum atomic E-state index is 4.36. The van der Waals surface area contributed by atoms with Crippen molar-refractivity contribution >= 4 is 12.7 Å². The van der Waals surface area contributed by atoms with Crippen molar-refractivity contribution in [3.8, 4) is 0 Å². The predicted molar refractivity (Wildman–Crippen MR) is 58.3 cm³/mol. The van der Waals surface area contributed by atoms with Crippen LogP contribution in [-0.2, 0) is 0 Å². The average Bonchev–Trinajstić information content (AvgIpc) is 2.85. The number of unbranched alkanes of at least 4 members (excludes halogenated alkanes) is 1. The van der Waals surface area contributed by atoms with E-state index in [2.05, 4.69) is 33.0 Å². The fourth-order valence-corrected chi connectivity index (χ4v) is 1.54. The highest BCUT2D eigenvalue weighted by Gasteiger charge is 2.17. The average molecular weight is 192 g/mol. The van der Waals surface area contributed by atoms with Gasteiger partial charge in [-0.2, -0.15) is 0 Å². The zero-order chi connectivity index (χ0) is 9.80. The van der Waals surface area contributed by atoms with Crippen LogP contribution < -0.4 is 0 Å². The molecule has 0 saturated heterocycles. The first-order chi connectivity index (χ1) is 6.90. The normalized spacial score (nSPS) is 23.1. The van der Waals surface area contributed by atoms with Crippen molar-refractivity contribution in [2.45, 2.75) is 19.8 Å². The molecule has 0 aromatic rings. The quantitative estimate of drug-likeness (QED) is 0.674. The Kier molecular flexibility index (Phi) is 2.81. The van der Waals surface area contributed by atoms with Crippen molar-refractivity contribution in [1.82, 2.24) is 10.0 Å². The van der Waals surface area contributed by atoms with E-state index in [9.17, 15) is 0 Å². The van der Waals surface area contributed by atoms with E-state index in [1.165, 1.54) is 12.1 Å². The van der Waals surface area contributed by atoms with Crippen LogP contribution in [0, 0.1) is 0 Å². The first kappa shape index (κ1) is 9.24. The van der Waals surface area contributed by atoms with Crippen molar-refractivity contribution in [3.63, 3.8) is 0 Å². The van der Waals surface area contributed by atoms with Crippen molar-refractivity contribution in [3.05, 3.63) is 11.8 Å². The Hall–Kier alpha value is -1.32. The SMILES string of the molecule is CCCC=C1CN(N2C=NCC2)C=N1. The molecule has 0 aromatic heterocycles. The van der Waals surface area contributed by atoms with Crippen LogP contribution in [0.5, 0.6) is 0 Å². The Balaban J connectivity index is 1.89. The van der Waals surface area contributed by atoms with Gasteiger partial charge in [-0.1, -0.05) is 19.4 Å². The molecule has 0 amide bonds. The van der Waals surface area contributed by atoms with Crippen LogP contribution in [0.3, 0.4) is 0 Å². The lowest BCUT2D eigenvalue weighted by Gasteiger charge is -2.24. The lowest BCUT2D eigenvalue weighted by atomic mass is 10.3. The minimum atomic E-state index is 0.895. The molecule has 2 rings (SSSR count). The zero-order valence-corrected chi connectivity index (χ0v) is 8.56. The molecule has 4 heteroatoms. The summed E-state index contributed by atoms with van der Waals surface area (Å²) in [5.74, 6) is 0. The summed E-state index contributed by atoms with van der Waals surface area (Å²) >= 11 is 0. The smallest absolute Gasteiger partial charge is 0.110 e. The monoisotopic (exact) mass is 192 g/mol. The Morgan fingerprint density at radius 1 is 1.43 bits per heavy atom. The summed E-state index contributed by atoms with van der Waals surface area (Å²) in [6.45, 7) is 4.96. The van der Waals surface area contributed by atoms with Crippen LogP contribution in [0.1, 0.15) is 19.8 Å². The third kappa shape index (κ3) is 1.95. The second kappa shape index (κ2) is 4.26. The maximum absolute atomic E-state index is 4.36. The molecule has 0 unspecified atom stereocenters. The summed E-state index contributed by atoms with van der Waals surface area (Å²) in [5, 5.41) is 4.22. The number of hydrazine groups is 1. The molecule has 4 nitrogen and oxygen atoms in total. The summed E-state index contributed by atoms with van der Waals surface area (Å²) < 4.78 is 0. The van der Waals surface area contributed by atoms with E-state index in [0.29, 0.717) is 0 Å². The minimum Gasteiger partial charge on any atom is -0.272 e. The van der Waals surface area contributed by atoms with Crippen LogP contribution >= 0.6 is 0 Å². The summed E-state index contributed by atoms with van der Waals surface area (Å²) in [6, 6.07) is 0. The highest BCUT2D eigenvalue weighted by Crippen LogP contribution is 2.12. The van der Waals surface area contributed by atoms with Crippen molar-refractivity contribution in [2.24, 2.45) is 9.98 Å². The number of allylic oxidation sites excluding steroid dienone is 1. The van der Waals surface area contributed by atoms with Gasteiger partial charge in [-0.05, 0) is 6.42 Å². The molecule has 0 atom stereocenters. The van der Waals surface area contributed by atoms with E-state index >= 15 is 0 Å². The number of hydrogen-bond acceptors (Lipinski definition) is 4. The van der Waals surface area contributed by atoms with Crippen LogP contribution in [-0.4, -0.2) is 42.3 Å². The van der Waals surface area contributed by atoms with Crippen LogP contribution in [0.25, 0.3) is 0 Å². The van der Waals surface area contributed by atoms with Gasteiger partial charge >= 0.3 is 0 Å². The fraction of sp³-hybridized carbons (Fsp3) is 0.600. The zero-order valence-electron chi connectivity index (χ0n) is 8.56. The molecule has 0 N–H and O–H groups in total. The van der Waals surface area contributed by atoms with E-state index < -0.39 is 0 Å². The molecule has 0 bridgehead atoms. The van der Waals surface area contributed by atoms with Crippen LogP contribution in [0.4, 0.5) is 0 Å². The lowest BCUT2D eigenvalue weighted by molar-refractivity contribution is 0.182. The topological polar surface area (TPSA) is 31.2 Å². The molecule has 0 spiro atoms. The molecule has 0 radical (unpaired) electrons. The van der Waals surface area contributed by atoms with Crippen LogP contribution in [0.2, 0.25) is 0 Å². The number of nitrogens with zero attached hydrogens (tertiary/aromatic N) is 4. The third-order valence-electron chi connectivity index (χ3n) is 2.35. The van der Waals surface area contributed by atoms with Crippen molar-refractivity contribution in [1.29, 1.82) is 0 Å². The van der Waals surface area contributed by atoms with Crippen LogP contribution in [0.15, 0.2) is 21.8 Å². The predicted octanol–water partition coefficient (Wildman–Crippen LogP) is 1.27. The highest BCUT2D eigenvalue weighted by atomic mass is 15.6. The van der Waals surface area contributed by atoms with Crippen molar-refractivity contribution < 1.29 is 0 Å². The molecule has 76 valence electrons. The first-order valence-corrected chi connectivity index (χ1v) is 5.16. The molecule has 2 aliphatic rings. The molecule has 2 aliphatic heterocycles. The second-order valence-electron chi connectivity index (χ2n) is 3.51. The molecule has 0 aliphatic carbocycles. The van der Waals surface area contributed by atoms with Gasteiger partial charge < -0.3 is 0 Å². The Labute approximate surface area is 84.6 Å². The summed E-state index contributed by atoms with van der Waals surface area (Å²) in [6.07, 6.45) is 8.29. The summed E-state index contributed by atoms with van der Waals surface area (Å²) in [5.41, 5.74) is 1.17. The van der Waals surface area contributed by atoms with Gasteiger partial charge in [0.25, 0.3) is 0 Å². The summed E-state index contributed by atoms with van der Waals surface area (Å²) in [7, 11) is 0. The fourth-order valence-electron chi connectivity index (χ4n) is 1.54. The molecular weight excluding hydrogens is 176 g/mol. The van der Waals surface area contributed by atoms with Gasteiger partial charge in [-0.15, -0.1) is 0 Å². The molecule has 14 heavy (non-hydrogen) atoms. The first-order valence-electron chi connectivity index (χ1n) is 5.16. The molecular formula is C10H16N4. The van der Waals surface area contributed by atoms with Gasteiger partial charge in [0.05, 0.1) is 25.3 Å². The molecule has 0 saturated carbocycles. The van der Waals surface area contributed by atoms with Crippen molar-refractivity contribution in [2.75, 3.05) is 19.6 Å². The Morgan fingerprint density at radius 3 is 3.07 bits per heavy atom. The second-order valence-corrected chi connectivity index (χ2v) is 3.51. The van der Waals surface area contributed by atoms with E-state index in [4.69, 9.17) is 0 Å². The van der Waals surface area contributed by atoms with Gasteiger partial charge in [-0.25, -0.2) is 4.99 Å². The standard InChI is InChI=1S/C10H16N4/c1-2-3-4-10-7-14(9-12-10)13-6-5-11-8-13/h4,8-9H,2-3,5-7H2,1H3. The molecule has 0 aromatic carbocycles. The number of aliphatic imine (C=N–C) groups is 2. The highest BCUT2D eigenvalue weighted by molar-refractivity contribution is 5.66. The maximum Gasteiger partial charge on any atom is 0.110 e. The number of hydrogen-bond donors (Lipinski definition) is 0. The number of rotatable bonds is 3. The molecule has 0 fully saturated rings. The molecule has 2 heterocycles. The van der Waals surface area contributed by atoms with E-state index in [1.54, 1.807) is 0 Å². The summed E-state index contributed by atoms with van der Waals surface area (Å²) in [4.78, 5) is 8.53. The Morgan fingerprint density at radius 2 is 2.36 bits per heavy atom. The van der Waals surface area contributed by atoms with E-state index in [1.807, 2.05) is 12.7 Å². The van der Waals surface area contributed by atoms with Gasteiger partial charge in [0.2, 0.25) is 0 Å². The third-order valence-corrected chi connectivity index (χ3v) is 2.35. The largest absolute Gasteiger partial charge is 0.272 e. The Bertz CT molecular complexity index is 280. The minimum absolute atomic E-state index is 0.895. The van der Waals surface area contributed by atoms with E-state index in [0.717, 1.165) is 26.1 Å². The van der Waals surface area contributed by atoms with Gasteiger partial charge in [-0.3, -0.25) is 15.0 Å². The lowest BCUT2D eigenvalue weighted by Crippen LogP contribution is -2.38. The van der Waals surface area contributed by atoms with Gasteiger partial charge in [0.15, 0.2) is 0 Å².